The van der Waals surface area contributed by atoms with E-state index in [0.29, 0.717) is 0 Å². The van der Waals surface area contributed by atoms with Gasteiger partial charge in [-0.25, -0.2) is 9.78 Å². The highest BCUT2D eigenvalue weighted by Crippen LogP contribution is 2.19. The Bertz CT molecular complexity index is 478. The summed E-state index contributed by atoms with van der Waals surface area (Å²) < 4.78 is 1.23. The Morgan fingerprint density at radius 3 is 2.76 bits per heavy atom. The van der Waals surface area contributed by atoms with Crippen LogP contribution >= 0.6 is 0 Å². The standard InChI is InChI=1S/C10H12N4O3/c1-10(2)8(16)12-7(15)5-14(10)9(17)13-4-3-11-6-13/h3-4,6H,5H2,1-2H3,(H,12,15,16). The second-order valence-electron chi connectivity index (χ2n) is 4.27. The van der Waals surface area contributed by atoms with Crippen LogP contribution in [0.1, 0.15) is 13.8 Å². The van der Waals surface area contributed by atoms with Crippen molar-refractivity contribution in [1.29, 1.82) is 0 Å². The summed E-state index contributed by atoms with van der Waals surface area (Å²) in [5, 5.41) is 2.20. The van der Waals surface area contributed by atoms with Crippen LogP contribution in [0.4, 0.5) is 4.79 Å². The number of carbonyl (C=O) groups excluding carboxylic acids is 3. The van der Waals surface area contributed by atoms with Gasteiger partial charge in [0.25, 0.3) is 5.91 Å². The fourth-order valence-corrected chi connectivity index (χ4v) is 1.60. The van der Waals surface area contributed by atoms with Gasteiger partial charge in [0.15, 0.2) is 0 Å². The lowest BCUT2D eigenvalue weighted by Crippen LogP contribution is -2.66. The molecule has 0 spiro atoms. The van der Waals surface area contributed by atoms with E-state index >= 15 is 0 Å². The third-order valence-corrected chi connectivity index (χ3v) is 2.74. The highest BCUT2D eigenvalue weighted by molar-refractivity contribution is 6.06. The first-order valence-electron chi connectivity index (χ1n) is 5.07. The summed E-state index contributed by atoms with van der Waals surface area (Å²) in [6, 6.07) is -0.448. The van der Waals surface area contributed by atoms with Gasteiger partial charge < -0.3 is 4.90 Å². The molecule has 1 aliphatic rings. The number of carbonyl (C=O) groups is 3. The fraction of sp³-hybridized carbons (Fsp3) is 0.400. The molecular weight excluding hydrogens is 224 g/mol. The van der Waals surface area contributed by atoms with Crippen molar-refractivity contribution in [3.8, 4) is 0 Å². The zero-order chi connectivity index (χ0) is 12.6. The molecule has 0 aliphatic carbocycles. The molecule has 2 heterocycles. The second kappa shape index (κ2) is 3.69. The second-order valence-corrected chi connectivity index (χ2v) is 4.27. The highest BCUT2D eigenvalue weighted by Gasteiger charge is 2.43. The zero-order valence-corrected chi connectivity index (χ0v) is 9.51. The maximum absolute atomic E-state index is 12.1. The van der Waals surface area contributed by atoms with Crippen molar-refractivity contribution in [1.82, 2.24) is 19.8 Å². The van der Waals surface area contributed by atoms with Crippen LogP contribution in [0, 0.1) is 0 Å². The minimum absolute atomic E-state index is 0.143. The number of nitrogens with zero attached hydrogens (tertiary/aromatic N) is 3. The summed E-state index contributed by atoms with van der Waals surface area (Å²) in [7, 11) is 0. The lowest BCUT2D eigenvalue weighted by molar-refractivity contribution is -0.142. The fourth-order valence-electron chi connectivity index (χ4n) is 1.60. The number of aromatic nitrogens is 2. The van der Waals surface area contributed by atoms with Crippen molar-refractivity contribution in [2.75, 3.05) is 6.54 Å². The van der Waals surface area contributed by atoms with Gasteiger partial charge in [-0.1, -0.05) is 0 Å². The molecule has 7 heteroatoms. The molecular formula is C10H12N4O3. The molecule has 0 unspecified atom stereocenters. The summed E-state index contributed by atoms with van der Waals surface area (Å²) in [5.41, 5.74) is -1.06. The van der Waals surface area contributed by atoms with Gasteiger partial charge in [-0.05, 0) is 13.8 Å². The van der Waals surface area contributed by atoms with Crippen molar-refractivity contribution in [3.05, 3.63) is 18.7 Å². The number of rotatable bonds is 0. The molecule has 1 fully saturated rings. The summed E-state index contributed by atoms with van der Waals surface area (Å²) in [5.74, 6) is -0.968. The Hall–Kier alpha value is -2.18. The minimum atomic E-state index is -1.06. The van der Waals surface area contributed by atoms with E-state index in [-0.39, 0.29) is 6.54 Å². The van der Waals surface area contributed by atoms with Crippen molar-refractivity contribution >= 4 is 17.8 Å². The van der Waals surface area contributed by atoms with Gasteiger partial charge in [-0.2, -0.15) is 0 Å². The number of imide groups is 1. The summed E-state index contributed by atoms with van der Waals surface area (Å²) in [6.45, 7) is 3.03. The van der Waals surface area contributed by atoms with Gasteiger partial charge in [-0.3, -0.25) is 19.5 Å². The van der Waals surface area contributed by atoms with E-state index in [9.17, 15) is 14.4 Å². The summed E-state index contributed by atoms with van der Waals surface area (Å²) >= 11 is 0. The predicted molar refractivity (Wildman–Crippen MR) is 57.0 cm³/mol. The van der Waals surface area contributed by atoms with Crippen LogP contribution in [0.2, 0.25) is 0 Å². The van der Waals surface area contributed by atoms with E-state index in [1.54, 1.807) is 13.8 Å². The molecule has 7 nitrogen and oxygen atoms in total. The molecule has 90 valence electrons. The molecule has 0 aromatic carbocycles. The number of hydrogen-bond donors (Lipinski definition) is 1. The molecule has 1 aromatic heterocycles. The van der Waals surface area contributed by atoms with Crippen LogP contribution in [-0.4, -0.2) is 44.4 Å². The maximum atomic E-state index is 12.1. The van der Waals surface area contributed by atoms with Crippen molar-refractivity contribution in [2.24, 2.45) is 0 Å². The van der Waals surface area contributed by atoms with Crippen molar-refractivity contribution in [2.45, 2.75) is 19.4 Å². The molecule has 0 atom stereocenters. The van der Waals surface area contributed by atoms with Gasteiger partial charge in [0.05, 0.1) is 0 Å². The average molecular weight is 236 g/mol. The first-order valence-corrected chi connectivity index (χ1v) is 5.07. The number of amides is 3. The lowest BCUT2D eigenvalue weighted by Gasteiger charge is -2.39. The SMILES string of the molecule is CC1(C)C(=O)NC(=O)CN1C(=O)n1ccnc1. The highest BCUT2D eigenvalue weighted by atomic mass is 16.2. The van der Waals surface area contributed by atoms with E-state index in [1.165, 1.54) is 28.2 Å². The van der Waals surface area contributed by atoms with Crippen LogP contribution in [0.15, 0.2) is 18.7 Å². The smallest absolute Gasteiger partial charge is 0.301 e. The van der Waals surface area contributed by atoms with E-state index in [0.717, 1.165) is 0 Å². The first-order chi connectivity index (χ1) is 7.93. The summed E-state index contributed by atoms with van der Waals surface area (Å²) in [4.78, 5) is 40.0. The predicted octanol–water partition coefficient (Wildman–Crippen LogP) is -0.412. The maximum Gasteiger partial charge on any atom is 0.330 e. The lowest BCUT2D eigenvalue weighted by atomic mass is 9.99. The molecule has 17 heavy (non-hydrogen) atoms. The largest absolute Gasteiger partial charge is 0.330 e. The van der Waals surface area contributed by atoms with Crippen LogP contribution in [0.25, 0.3) is 0 Å². The molecule has 1 aliphatic heterocycles. The summed E-state index contributed by atoms with van der Waals surface area (Å²) in [6.07, 6.45) is 4.25. The van der Waals surface area contributed by atoms with Crippen LogP contribution in [-0.2, 0) is 9.59 Å². The molecule has 1 aromatic rings. The van der Waals surface area contributed by atoms with E-state index in [4.69, 9.17) is 0 Å². The Kier molecular flexibility index (Phi) is 2.45. The topological polar surface area (TPSA) is 84.3 Å². The third kappa shape index (κ3) is 1.79. The van der Waals surface area contributed by atoms with Gasteiger partial charge in [0, 0.05) is 12.4 Å². The molecule has 0 bridgehead atoms. The number of nitrogens with one attached hydrogen (secondary N) is 1. The average Bonchev–Trinajstić information content (AvgIpc) is 2.76. The molecule has 0 saturated carbocycles. The molecule has 1 saturated heterocycles. The number of piperazine rings is 1. The van der Waals surface area contributed by atoms with Crippen molar-refractivity contribution < 1.29 is 14.4 Å². The Morgan fingerprint density at radius 1 is 1.47 bits per heavy atom. The first kappa shape index (κ1) is 11.3. The van der Waals surface area contributed by atoms with Gasteiger partial charge in [0.1, 0.15) is 18.4 Å². The van der Waals surface area contributed by atoms with Crippen molar-refractivity contribution in [3.63, 3.8) is 0 Å². The third-order valence-electron chi connectivity index (χ3n) is 2.74. The molecule has 2 rings (SSSR count). The van der Waals surface area contributed by atoms with Crippen LogP contribution in [0.3, 0.4) is 0 Å². The minimum Gasteiger partial charge on any atom is -0.301 e. The zero-order valence-electron chi connectivity index (χ0n) is 9.51. The van der Waals surface area contributed by atoms with Crippen LogP contribution in [0.5, 0.6) is 0 Å². The molecule has 1 N–H and O–H groups in total. The van der Waals surface area contributed by atoms with Gasteiger partial charge in [-0.15, -0.1) is 0 Å². The van der Waals surface area contributed by atoms with E-state index in [1.807, 2.05) is 0 Å². The van der Waals surface area contributed by atoms with E-state index < -0.39 is 23.4 Å². The molecule has 0 radical (unpaired) electrons. The molecule has 3 amide bonds. The van der Waals surface area contributed by atoms with Gasteiger partial charge in [0.2, 0.25) is 5.91 Å². The van der Waals surface area contributed by atoms with Crippen LogP contribution < -0.4 is 5.32 Å². The Labute approximate surface area is 97.4 Å². The number of hydrogen-bond acceptors (Lipinski definition) is 4. The normalized spacial score (nSPS) is 19.1. The van der Waals surface area contributed by atoms with Gasteiger partial charge >= 0.3 is 6.03 Å². The quantitative estimate of drug-likeness (QED) is 0.620. The Balaban J connectivity index is 2.33. The Morgan fingerprint density at radius 2 is 2.18 bits per heavy atom. The number of imidazole rings is 1. The van der Waals surface area contributed by atoms with E-state index in [2.05, 4.69) is 10.3 Å². The monoisotopic (exact) mass is 236 g/mol.